The number of nitrogens with zero attached hydrogens (tertiary/aromatic N) is 1. The second kappa shape index (κ2) is 5.42. The standard InChI is InChI=1S/C14H13ClFNO2S/c1-10-9-11(15)3-8-14(10)17(2)20(18,19)13-6-4-12(16)5-7-13/h3-9H,1-2H3. The Balaban J connectivity index is 2.45. The molecule has 6 heteroatoms. The number of aryl methyl sites for hydroxylation is 1. The lowest BCUT2D eigenvalue weighted by molar-refractivity contribution is 0.593. The van der Waals surface area contributed by atoms with E-state index < -0.39 is 15.8 Å². The average molecular weight is 314 g/mol. The molecule has 2 rings (SSSR count). The molecule has 0 aliphatic carbocycles. The number of hydrogen-bond acceptors (Lipinski definition) is 2. The minimum Gasteiger partial charge on any atom is -0.269 e. The number of rotatable bonds is 3. The van der Waals surface area contributed by atoms with Crippen molar-refractivity contribution in [1.82, 2.24) is 0 Å². The van der Waals surface area contributed by atoms with Crippen LogP contribution in [0, 0.1) is 12.7 Å². The molecule has 3 nitrogen and oxygen atoms in total. The third-order valence-corrected chi connectivity index (χ3v) is 4.99. The first-order chi connectivity index (χ1) is 9.32. The quantitative estimate of drug-likeness (QED) is 0.868. The highest BCUT2D eigenvalue weighted by Gasteiger charge is 2.22. The molecule has 0 saturated carbocycles. The van der Waals surface area contributed by atoms with Gasteiger partial charge in [-0.2, -0.15) is 0 Å². The Labute approximate surface area is 122 Å². The number of sulfonamides is 1. The van der Waals surface area contributed by atoms with Crippen molar-refractivity contribution in [3.8, 4) is 0 Å². The molecule has 0 heterocycles. The maximum absolute atomic E-state index is 12.9. The van der Waals surface area contributed by atoms with E-state index in [1.807, 2.05) is 0 Å². The lowest BCUT2D eigenvalue weighted by atomic mass is 10.2. The Morgan fingerprint density at radius 3 is 2.25 bits per heavy atom. The zero-order valence-corrected chi connectivity index (χ0v) is 12.5. The lowest BCUT2D eigenvalue weighted by Gasteiger charge is -2.21. The van der Waals surface area contributed by atoms with Crippen LogP contribution in [0.2, 0.25) is 5.02 Å². The minimum absolute atomic E-state index is 0.0377. The first-order valence-corrected chi connectivity index (χ1v) is 7.65. The molecule has 0 aliphatic heterocycles. The summed E-state index contributed by atoms with van der Waals surface area (Å²) in [5.41, 5.74) is 1.27. The largest absolute Gasteiger partial charge is 0.269 e. The third kappa shape index (κ3) is 2.78. The van der Waals surface area contributed by atoms with Gasteiger partial charge in [-0.15, -0.1) is 0 Å². The van der Waals surface area contributed by atoms with Crippen LogP contribution in [0.1, 0.15) is 5.56 Å². The zero-order chi connectivity index (χ0) is 14.9. The fourth-order valence-electron chi connectivity index (χ4n) is 1.87. The van der Waals surface area contributed by atoms with Gasteiger partial charge in [0, 0.05) is 12.1 Å². The molecular weight excluding hydrogens is 301 g/mol. The fraction of sp³-hybridized carbons (Fsp3) is 0.143. The maximum atomic E-state index is 12.9. The number of benzene rings is 2. The van der Waals surface area contributed by atoms with Crippen molar-refractivity contribution in [1.29, 1.82) is 0 Å². The van der Waals surface area contributed by atoms with Gasteiger partial charge in [0.15, 0.2) is 0 Å². The molecule has 2 aromatic carbocycles. The summed E-state index contributed by atoms with van der Waals surface area (Å²) in [5, 5.41) is 0.541. The van der Waals surface area contributed by atoms with Crippen LogP contribution in [0.25, 0.3) is 0 Å². The van der Waals surface area contributed by atoms with Crippen LogP contribution in [0.5, 0.6) is 0 Å². The van der Waals surface area contributed by atoms with E-state index >= 15 is 0 Å². The highest BCUT2D eigenvalue weighted by Crippen LogP contribution is 2.27. The normalized spacial score (nSPS) is 11.4. The molecule has 20 heavy (non-hydrogen) atoms. The second-order valence-electron chi connectivity index (χ2n) is 4.36. The zero-order valence-electron chi connectivity index (χ0n) is 11.0. The van der Waals surface area contributed by atoms with E-state index in [1.54, 1.807) is 25.1 Å². The molecule has 0 aliphatic rings. The minimum atomic E-state index is -3.72. The van der Waals surface area contributed by atoms with Crippen LogP contribution in [-0.4, -0.2) is 15.5 Å². The molecule has 0 fully saturated rings. The highest BCUT2D eigenvalue weighted by atomic mass is 35.5. The van der Waals surface area contributed by atoms with E-state index in [4.69, 9.17) is 11.6 Å². The van der Waals surface area contributed by atoms with Crippen molar-refractivity contribution < 1.29 is 12.8 Å². The van der Waals surface area contributed by atoms with Crippen LogP contribution in [0.3, 0.4) is 0 Å². The average Bonchev–Trinajstić information content (AvgIpc) is 2.38. The first kappa shape index (κ1) is 14.8. The first-order valence-electron chi connectivity index (χ1n) is 5.83. The highest BCUT2D eigenvalue weighted by molar-refractivity contribution is 7.92. The van der Waals surface area contributed by atoms with E-state index in [-0.39, 0.29) is 4.90 Å². The van der Waals surface area contributed by atoms with Gasteiger partial charge in [0.1, 0.15) is 5.82 Å². The Hall–Kier alpha value is -1.59. The van der Waals surface area contributed by atoms with Gasteiger partial charge in [0.05, 0.1) is 10.6 Å². The summed E-state index contributed by atoms with van der Waals surface area (Å²) in [5.74, 6) is -0.478. The summed E-state index contributed by atoms with van der Waals surface area (Å²) in [6.07, 6.45) is 0. The Bertz CT molecular complexity index is 729. The van der Waals surface area contributed by atoms with Crippen molar-refractivity contribution in [2.75, 3.05) is 11.4 Å². The summed E-state index contributed by atoms with van der Waals surface area (Å²) < 4.78 is 38.9. The van der Waals surface area contributed by atoms with Gasteiger partial charge < -0.3 is 0 Å². The SMILES string of the molecule is Cc1cc(Cl)ccc1N(C)S(=O)(=O)c1ccc(F)cc1. The van der Waals surface area contributed by atoms with Crippen LogP contribution in [-0.2, 0) is 10.0 Å². The van der Waals surface area contributed by atoms with Crippen molar-refractivity contribution in [2.24, 2.45) is 0 Å². The van der Waals surface area contributed by atoms with Gasteiger partial charge in [0.2, 0.25) is 0 Å². The molecule has 0 atom stereocenters. The predicted molar refractivity (Wildman–Crippen MR) is 78.2 cm³/mol. The van der Waals surface area contributed by atoms with Gasteiger partial charge in [-0.3, -0.25) is 4.31 Å². The number of hydrogen-bond donors (Lipinski definition) is 0. The van der Waals surface area contributed by atoms with Crippen LogP contribution in [0.4, 0.5) is 10.1 Å². The summed E-state index contributed by atoms with van der Waals surface area (Å²) in [6, 6.07) is 9.68. The van der Waals surface area contributed by atoms with E-state index in [0.717, 1.165) is 22.0 Å². The van der Waals surface area contributed by atoms with Gasteiger partial charge >= 0.3 is 0 Å². The van der Waals surface area contributed by atoms with Crippen LogP contribution >= 0.6 is 11.6 Å². The molecule has 2 aromatic rings. The molecule has 0 aromatic heterocycles. The molecule has 0 unspecified atom stereocenters. The molecule has 0 saturated heterocycles. The topological polar surface area (TPSA) is 37.4 Å². The fourth-order valence-corrected chi connectivity index (χ4v) is 3.35. The molecular formula is C14H13ClFNO2S. The van der Waals surface area contributed by atoms with Crippen molar-refractivity contribution in [3.63, 3.8) is 0 Å². The van der Waals surface area contributed by atoms with E-state index in [2.05, 4.69) is 0 Å². The van der Waals surface area contributed by atoms with Gasteiger partial charge in [-0.25, -0.2) is 12.8 Å². The van der Waals surface area contributed by atoms with Crippen LogP contribution < -0.4 is 4.31 Å². The Kier molecular flexibility index (Phi) is 4.01. The summed E-state index contributed by atoms with van der Waals surface area (Å²) >= 11 is 5.86. The van der Waals surface area contributed by atoms with E-state index in [9.17, 15) is 12.8 Å². The smallest absolute Gasteiger partial charge is 0.264 e. The van der Waals surface area contributed by atoms with Gasteiger partial charge in [0.25, 0.3) is 10.0 Å². The lowest BCUT2D eigenvalue weighted by Crippen LogP contribution is -2.27. The molecule has 0 spiro atoms. The van der Waals surface area contributed by atoms with Gasteiger partial charge in [-0.1, -0.05) is 11.6 Å². The second-order valence-corrected chi connectivity index (χ2v) is 6.76. The predicted octanol–water partition coefficient (Wildman–Crippen LogP) is 3.61. The summed E-state index contributed by atoms with van der Waals surface area (Å²) in [4.78, 5) is 0.0377. The molecule has 0 amide bonds. The summed E-state index contributed by atoms with van der Waals surface area (Å²) in [6.45, 7) is 1.78. The maximum Gasteiger partial charge on any atom is 0.264 e. The molecule has 0 bridgehead atoms. The van der Waals surface area contributed by atoms with E-state index in [1.165, 1.54) is 19.2 Å². The Morgan fingerprint density at radius 1 is 1.10 bits per heavy atom. The molecule has 0 radical (unpaired) electrons. The van der Waals surface area contributed by atoms with Crippen molar-refractivity contribution in [3.05, 3.63) is 58.9 Å². The Morgan fingerprint density at radius 2 is 1.70 bits per heavy atom. The molecule has 0 N–H and O–H groups in total. The molecule has 106 valence electrons. The number of anilines is 1. The van der Waals surface area contributed by atoms with Crippen molar-refractivity contribution in [2.45, 2.75) is 11.8 Å². The van der Waals surface area contributed by atoms with Gasteiger partial charge in [-0.05, 0) is 55.0 Å². The monoisotopic (exact) mass is 313 g/mol. The van der Waals surface area contributed by atoms with Crippen molar-refractivity contribution >= 4 is 27.3 Å². The third-order valence-electron chi connectivity index (χ3n) is 2.97. The van der Waals surface area contributed by atoms with E-state index in [0.29, 0.717) is 10.7 Å². The summed E-state index contributed by atoms with van der Waals surface area (Å²) in [7, 11) is -2.27. The van der Waals surface area contributed by atoms with Crippen LogP contribution in [0.15, 0.2) is 47.4 Å². The number of halogens is 2.